The number of benzene rings is 1. The van der Waals surface area contributed by atoms with Gasteiger partial charge in [0.25, 0.3) is 0 Å². The second-order valence-corrected chi connectivity index (χ2v) is 3.61. The van der Waals surface area contributed by atoms with E-state index in [1.54, 1.807) is 12.1 Å². The van der Waals surface area contributed by atoms with E-state index in [0.717, 1.165) is 17.3 Å². The van der Waals surface area contributed by atoms with Crippen molar-refractivity contribution < 1.29 is 4.57 Å². The fourth-order valence-corrected chi connectivity index (χ4v) is 1.37. The molecule has 5 nitrogen and oxygen atoms in total. The molecule has 82 valence electrons. The summed E-state index contributed by atoms with van der Waals surface area (Å²) in [6, 6.07) is 7.28. The highest BCUT2D eigenvalue weighted by atomic mass is 15.3. The Kier molecular flexibility index (Phi) is 2.68. The molecule has 2 aromatic rings. The van der Waals surface area contributed by atoms with Gasteiger partial charge in [-0.1, -0.05) is 5.11 Å². The minimum absolute atomic E-state index is 0.725. The van der Waals surface area contributed by atoms with Crippen LogP contribution >= 0.6 is 0 Å². The van der Waals surface area contributed by atoms with E-state index in [0.29, 0.717) is 0 Å². The zero-order chi connectivity index (χ0) is 11.5. The largest absolute Gasteiger partial charge is 0.421 e. The van der Waals surface area contributed by atoms with Gasteiger partial charge in [-0.15, -0.1) is 0 Å². The van der Waals surface area contributed by atoms with Crippen molar-refractivity contribution in [3.8, 4) is 0 Å². The molecule has 0 bridgehead atoms. The van der Waals surface area contributed by atoms with Crippen LogP contribution in [-0.2, 0) is 14.1 Å². The maximum Gasteiger partial charge on any atom is 0.421 e. The molecule has 0 atom stereocenters. The van der Waals surface area contributed by atoms with E-state index in [-0.39, 0.29) is 0 Å². The van der Waals surface area contributed by atoms with Crippen LogP contribution in [0, 0.1) is 0 Å². The molecule has 0 aliphatic rings. The van der Waals surface area contributed by atoms with Crippen LogP contribution in [0.1, 0.15) is 0 Å². The number of anilines is 1. The summed E-state index contributed by atoms with van der Waals surface area (Å²) in [7, 11) is 3.86. The summed E-state index contributed by atoms with van der Waals surface area (Å²) in [5, 5.41) is 8.31. The molecule has 1 heterocycles. The van der Waals surface area contributed by atoms with E-state index in [9.17, 15) is 0 Å². The lowest BCUT2D eigenvalue weighted by molar-refractivity contribution is -0.657. The first kappa shape index (κ1) is 10.4. The molecule has 0 saturated carbocycles. The van der Waals surface area contributed by atoms with Crippen LogP contribution in [0.4, 0.5) is 17.3 Å². The second-order valence-electron chi connectivity index (χ2n) is 3.61. The Morgan fingerprint density at radius 1 is 1.19 bits per heavy atom. The van der Waals surface area contributed by atoms with Crippen LogP contribution in [0.3, 0.4) is 0 Å². The van der Waals surface area contributed by atoms with Gasteiger partial charge in [-0.05, 0) is 24.3 Å². The average molecular weight is 216 g/mol. The van der Waals surface area contributed by atoms with E-state index < -0.39 is 0 Å². The molecule has 5 heteroatoms. The molecule has 16 heavy (non-hydrogen) atoms. The van der Waals surface area contributed by atoms with Crippen molar-refractivity contribution in [3.05, 3.63) is 36.7 Å². The third kappa shape index (κ3) is 2.08. The van der Waals surface area contributed by atoms with Crippen molar-refractivity contribution in [1.82, 2.24) is 4.57 Å². The predicted octanol–water partition coefficient (Wildman–Crippen LogP) is 1.85. The van der Waals surface area contributed by atoms with E-state index in [4.69, 9.17) is 5.73 Å². The fraction of sp³-hybridized carbons (Fsp3) is 0.182. The quantitative estimate of drug-likeness (QED) is 0.465. The highest BCUT2D eigenvalue weighted by molar-refractivity contribution is 5.47. The van der Waals surface area contributed by atoms with Crippen molar-refractivity contribution >= 4 is 17.3 Å². The lowest BCUT2D eigenvalue weighted by atomic mass is 10.3. The molecule has 0 fully saturated rings. The number of aromatic nitrogens is 2. The zero-order valence-electron chi connectivity index (χ0n) is 9.33. The standard InChI is InChI=1S/C11H13N5/c1-15-7-8-16(2)11(15)14-13-10-5-3-9(12)4-6-10/h3-8,12H,1-2H3/p+1. The van der Waals surface area contributed by atoms with Crippen LogP contribution in [0.2, 0.25) is 0 Å². The van der Waals surface area contributed by atoms with E-state index in [2.05, 4.69) is 10.2 Å². The third-order valence-electron chi connectivity index (χ3n) is 2.29. The molecule has 0 aliphatic heterocycles. The topological polar surface area (TPSA) is 59.5 Å². The Morgan fingerprint density at radius 2 is 1.88 bits per heavy atom. The number of nitrogens with zero attached hydrogens (tertiary/aromatic N) is 4. The van der Waals surface area contributed by atoms with Gasteiger partial charge in [-0.2, -0.15) is 0 Å². The molecule has 2 rings (SSSR count). The maximum atomic E-state index is 5.59. The number of nitrogens with two attached hydrogens (primary N) is 1. The number of nitrogen functional groups attached to an aromatic ring is 1. The molecular weight excluding hydrogens is 202 g/mol. The highest BCUT2D eigenvalue weighted by Gasteiger charge is 2.09. The van der Waals surface area contributed by atoms with Crippen LogP contribution in [0.25, 0.3) is 0 Å². The molecule has 0 unspecified atom stereocenters. The van der Waals surface area contributed by atoms with Crippen LogP contribution in [-0.4, -0.2) is 4.57 Å². The molecule has 0 radical (unpaired) electrons. The summed E-state index contributed by atoms with van der Waals surface area (Å²) in [4.78, 5) is 0. The Balaban J connectivity index is 2.24. The highest BCUT2D eigenvalue weighted by Crippen LogP contribution is 2.16. The van der Waals surface area contributed by atoms with Crippen LogP contribution in [0.15, 0.2) is 46.9 Å². The van der Waals surface area contributed by atoms with E-state index in [1.165, 1.54) is 0 Å². The number of azo groups is 1. The van der Waals surface area contributed by atoms with Gasteiger partial charge in [0.1, 0.15) is 5.69 Å². The van der Waals surface area contributed by atoms with Crippen LogP contribution < -0.4 is 10.3 Å². The SMILES string of the molecule is Cn1cc[n+](C)c1/N=N/c1ccc(N)cc1. The lowest BCUT2D eigenvalue weighted by Crippen LogP contribution is -2.25. The molecule has 1 aromatic carbocycles. The van der Waals surface area contributed by atoms with Crippen molar-refractivity contribution in [2.45, 2.75) is 0 Å². The molecular formula is C11H14N5+. The predicted molar refractivity (Wildman–Crippen MR) is 61.6 cm³/mol. The average Bonchev–Trinajstić information content (AvgIpc) is 2.59. The summed E-state index contributed by atoms with van der Waals surface area (Å²) in [5.41, 5.74) is 7.10. The van der Waals surface area contributed by atoms with Gasteiger partial charge >= 0.3 is 5.95 Å². The number of hydrogen-bond donors (Lipinski definition) is 1. The summed E-state index contributed by atoms with van der Waals surface area (Å²) in [5.74, 6) is 0.789. The van der Waals surface area contributed by atoms with Gasteiger partial charge < -0.3 is 5.73 Å². The van der Waals surface area contributed by atoms with Gasteiger partial charge in [0.2, 0.25) is 0 Å². The zero-order valence-corrected chi connectivity index (χ0v) is 9.33. The monoisotopic (exact) mass is 216 g/mol. The molecule has 0 aliphatic carbocycles. The Labute approximate surface area is 93.9 Å². The summed E-state index contributed by atoms with van der Waals surface area (Å²) >= 11 is 0. The van der Waals surface area contributed by atoms with Crippen molar-refractivity contribution in [3.63, 3.8) is 0 Å². The minimum Gasteiger partial charge on any atom is -0.399 e. The van der Waals surface area contributed by atoms with Gasteiger partial charge in [-0.25, -0.2) is 9.13 Å². The number of aryl methyl sites for hydroxylation is 2. The Hall–Kier alpha value is -2.17. The smallest absolute Gasteiger partial charge is 0.399 e. The van der Waals surface area contributed by atoms with Crippen molar-refractivity contribution in [2.75, 3.05) is 5.73 Å². The first-order valence-corrected chi connectivity index (χ1v) is 4.95. The van der Waals surface area contributed by atoms with Crippen molar-refractivity contribution in [2.24, 2.45) is 24.3 Å². The third-order valence-corrected chi connectivity index (χ3v) is 2.29. The number of hydrogen-bond acceptors (Lipinski definition) is 3. The minimum atomic E-state index is 0.725. The number of rotatable bonds is 2. The summed E-state index contributed by atoms with van der Waals surface area (Å²) < 4.78 is 3.81. The Bertz CT molecular complexity index is 490. The lowest BCUT2D eigenvalue weighted by Gasteiger charge is -1.91. The second kappa shape index (κ2) is 4.14. The molecule has 1 aromatic heterocycles. The first-order chi connectivity index (χ1) is 7.66. The van der Waals surface area contributed by atoms with E-state index >= 15 is 0 Å². The summed E-state index contributed by atoms with van der Waals surface area (Å²) in [6.07, 6.45) is 3.86. The van der Waals surface area contributed by atoms with E-state index in [1.807, 2.05) is 47.8 Å². The molecule has 2 N–H and O–H groups in total. The Morgan fingerprint density at radius 3 is 2.44 bits per heavy atom. The van der Waals surface area contributed by atoms with Gasteiger partial charge in [0, 0.05) is 10.8 Å². The molecule has 0 amide bonds. The van der Waals surface area contributed by atoms with Crippen molar-refractivity contribution in [1.29, 1.82) is 0 Å². The fourth-order valence-electron chi connectivity index (χ4n) is 1.37. The van der Waals surface area contributed by atoms with Crippen LogP contribution in [0.5, 0.6) is 0 Å². The van der Waals surface area contributed by atoms with Gasteiger partial charge in [0.05, 0.1) is 26.5 Å². The normalized spacial score (nSPS) is 11.1. The van der Waals surface area contributed by atoms with Gasteiger partial charge in [-0.3, -0.25) is 0 Å². The number of imidazole rings is 1. The van der Waals surface area contributed by atoms with Gasteiger partial charge in [0.15, 0.2) is 0 Å². The molecule has 0 saturated heterocycles. The first-order valence-electron chi connectivity index (χ1n) is 4.95. The maximum absolute atomic E-state index is 5.59. The molecule has 0 spiro atoms. The summed E-state index contributed by atoms with van der Waals surface area (Å²) in [6.45, 7) is 0.